The number of benzene rings is 1. The van der Waals surface area contributed by atoms with E-state index in [1.807, 2.05) is 18.2 Å². The maximum atomic E-state index is 5.92. The first-order valence-electron chi connectivity index (χ1n) is 6.57. The predicted molar refractivity (Wildman–Crippen MR) is 73.6 cm³/mol. The molecule has 3 rings (SSSR count). The molecule has 4 heteroatoms. The molecule has 4 nitrogen and oxygen atoms in total. The number of hydrogen-bond donors (Lipinski definition) is 1. The van der Waals surface area contributed by atoms with Gasteiger partial charge in [-0.25, -0.2) is 0 Å². The Morgan fingerprint density at radius 2 is 2.17 bits per heavy atom. The van der Waals surface area contributed by atoms with Crippen LogP contribution in [-0.2, 0) is 0 Å². The molecule has 1 aromatic carbocycles. The van der Waals surface area contributed by atoms with Crippen molar-refractivity contribution in [2.45, 2.75) is 32.7 Å². The quantitative estimate of drug-likeness (QED) is 0.785. The second-order valence-electron chi connectivity index (χ2n) is 5.37. The van der Waals surface area contributed by atoms with Crippen LogP contribution < -0.4 is 10.6 Å². The highest BCUT2D eigenvalue weighted by molar-refractivity contribution is 5.86. The van der Waals surface area contributed by atoms with E-state index >= 15 is 0 Å². The van der Waals surface area contributed by atoms with Crippen LogP contribution in [0.15, 0.2) is 22.6 Å². The van der Waals surface area contributed by atoms with Crippen molar-refractivity contribution >= 4 is 22.8 Å². The first kappa shape index (κ1) is 11.4. The molecule has 18 heavy (non-hydrogen) atoms. The van der Waals surface area contributed by atoms with E-state index in [0.29, 0.717) is 23.7 Å². The number of piperidine rings is 1. The molecule has 0 radical (unpaired) electrons. The fourth-order valence-corrected chi connectivity index (χ4v) is 2.64. The van der Waals surface area contributed by atoms with Crippen LogP contribution >= 0.6 is 0 Å². The Labute approximate surface area is 107 Å². The third-order valence-corrected chi connectivity index (χ3v) is 3.80. The normalized spacial score (nSPS) is 24.7. The number of anilines is 2. The van der Waals surface area contributed by atoms with Crippen molar-refractivity contribution in [3.8, 4) is 0 Å². The third-order valence-electron chi connectivity index (χ3n) is 3.80. The fourth-order valence-electron chi connectivity index (χ4n) is 2.64. The topological polar surface area (TPSA) is 55.3 Å². The number of hydrogen-bond acceptors (Lipinski definition) is 4. The van der Waals surface area contributed by atoms with E-state index in [1.165, 1.54) is 12.8 Å². The largest absolute Gasteiger partial charge is 0.423 e. The third kappa shape index (κ3) is 1.82. The van der Waals surface area contributed by atoms with E-state index < -0.39 is 0 Å². The summed E-state index contributed by atoms with van der Waals surface area (Å²) in [6.07, 6.45) is 2.47. The first-order chi connectivity index (χ1) is 8.65. The van der Waals surface area contributed by atoms with Gasteiger partial charge in [0.2, 0.25) is 0 Å². The van der Waals surface area contributed by atoms with Crippen LogP contribution in [0.1, 0.15) is 26.7 Å². The van der Waals surface area contributed by atoms with Gasteiger partial charge in [0.25, 0.3) is 6.01 Å². The zero-order valence-corrected chi connectivity index (χ0v) is 10.9. The van der Waals surface area contributed by atoms with Crippen LogP contribution in [0.3, 0.4) is 0 Å². The van der Waals surface area contributed by atoms with Gasteiger partial charge in [0.15, 0.2) is 5.58 Å². The molecule has 96 valence electrons. The lowest BCUT2D eigenvalue weighted by Gasteiger charge is -2.35. The molecule has 1 fully saturated rings. The predicted octanol–water partition coefficient (Wildman–Crippen LogP) is 3.03. The van der Waals surface area contributed by atoms with Gasteiger partial charge in [-0.1, -0.05) is 13.0 Å². The molecule has 2 atom stereocenters. The molecule has 1 aliphatic heterocycles. The minimum atomic E-state index is 0.482. The van der Waals surface area contributed by atoms with Crippen molar-refractivity contribution in [1.29, 1.82) is 0 Å². The molecule has 2 aromatic rings. The highest BCUT2D eigenvalue weighted by Gasteiger charge is 2.26. The number of nitrogen functional groups attached to an aromatic ring is 1. The summed E-state index contributed by atoms with van der Waals surface area (Å²) in [7, 11) is 0. The molecule has 0 spiro atoms. The molecule has 0 amide bonds. The lowest BCUT2D eigenvalue weighted by Crippen LogP contribution is -2.41. The summed E-state index contributed by atoms with van der Waals surface area (Å²) in [5, 5.41) is 0. The molecule has 1 aromatic heterocycles. The number of nitrogens with two attached hydrogens (primary N) is 1. The molecular weight excluding hydrogens is 226 g/mol. The Balaban J connectivity index is 2.00. The van der Waals surface area contributed by atoms with Crippen LogP contribution in [0.5, 0.6) is 0 Å². The summed E-state index contributed by atoms with van der Waals surface area (Å²) in [6.45, 7) is 5.51. The SMILES string of the molecule is CC1CCC(C)N(c2nc3c(N)cccc3o2)C1. The Bertz CT molecular complexity index is 563. The summed E-state index contributed by atoms with van der Waals surface area (Å²) in [6, 6.07) is 6.86. The van der Waals surface area contributed by atoms with Crippen LogP contribution in [0, 0.1) is 5.92 Å². The second kappa shape index (κ2) is 4.19. The van der Waals surface area contributed by atoms with E-state index in [-0.39, 0.29) is 0 Å². The standard InChI is InChI=1S/C14H19N3O/c1-9-6-7-10(2)17(8-9)14-16-13-11(15)4-3-5-12(13)18-14/h3-5,9-10H,6-8,15H2,1-2H3. The van der Waals surface area contributed by atoms with Crippen LogP contribution in [0.2, 0.25) is 0 Å². The van der Waals surface area contributed by atoms with Crippen molar-refractivity contribution in [2.75, 3.05) is 17.2 Å². The molecule has 1 aliphatic rings. The lowest BCUT2D eigenvalue weighted by atomic mass is 9.96. The summed E-state index contributed by atoms with van der Waals surface area (Å²) < 4.78 is 5.84. The van der Waals surface area contributed by atoms with Crippen LogP contribution in [0.4, 0.5) is 11.7 Å². The Hall–Kier alpha value is -1.71. The number of nitrogens with zero attached hydrogens (tertiary/aromatic N) is 2. The highest BCUT2D eigenvalue weighted by atomic mass is 16.4. The molecule has 0 bridgehead atoms. The van der Waals surface area contributed by atoms with Crippen molar-refractivity contribution in [1.82, 2.24) is 4.98 Å². The van der Waals surface area contributed by atoms with E-state index in [4.69, 9.17) is 10.2 Å². The van der Waals surface area contributed by atoms with Crippen molar-refractivity contribution < 1.29 is 4.42 Å². The Morgan fingerprint density at radius 1 is 1.33 bits per heavy atom. The number of para-hydroxylation sites is 1. The van der Waals surface area contributed by atoms with E-state index in [1.54, 1.807) is 0 Å². The van der Waals surface area contributed by atoms with E-state index in [2.05, 4.69) is 23.7 Å². The lowest BCUT2D eigenvalue weighted by molar-refractivity contribution is 0.369. The number of rotatable bonds is 1. The van der Waals surface area contributed by atoms with Gasteiger partial charge in [-0.05, 0) is 37.8 Å². The van der Waals surface area contributed by atoms with Crippen LogP contribution in [0.25, 0.3) is 11.1 Å². The van der Waals surface area contributed by atoms with Gasteiger partial charge in [-0.15, -0.1) is 0 Å². The minimum absolute atomic E-state index is 0.482. The summed E-state index contributed by atoms with van der Waals surface area (Å²) in [4.78, 5) is 6.81. The Morgan fingerprint density at radius 3 is 2.94 bits per heavy atom. The zero-order valence-electron chi connectivity index (χ0n) is 10.9. The molecular formula is C14H19N3O. The summed E-state index contributed by atoms with van der Waals surface area (Å²) >= 11 is 0. The number of fused-ring (bicyclic) bond motifs is 1. The smallest absolute Gasteiger partial charge is 0.298 e. The van der Waals surface area contributed by atoms with Crippen molar-refractivity contribution in [2.24, 2.45) is 5.92 Å². The summed E-state index contributed by atoms with van der Waals surface area (Å²) in [5.41, 5.74) is 8.15. The molecule has 0 saturated carbocycles. The van der Waals surface area contributed by atoms with E-state index in [9.17, 15) is 0 Å². The number of aromatic nitrogens is 1. The molecule has 2 N–H and O–H groups in total. The highest BCUT2D eigenvalue weighted by Crippen LogP contribution is 2.31. The first-order valence-corrected chi connectivity index (χ1v) is 6.57. The number of oxazole rings is 1. The Kier molecular flexibility index (Phi) is 2.65. The van der Waals surface area contributed by atoms with E-state index in [0.717, 1.165) is 17.6 Å². The van der Waals surface area contributed by atoms with Gasteiger partial charge in [0.1, 0.15) is 5.52 Å². The fraction of sp³-hybridized carbons (Fsp3) is 0.500. The average Bonchev–Trinajstić information content (AvgIpc) is 2.77. The van der Waals surface area contributed by atoms with Crippen molar-refractivity contribution in [3.05, 3.63) is 18.2 Å². The van der Waals surface area contributed by atoms with Crippen molar-refractivity contribution in [3.63, 3.8) is 0 Å². The van der Waals surface area contributed by atoms with Gasteiger partial charge in [0, 0.05) is 12.6 Å². The monoisotopic (exact) mass is 245 g/mol. The molecule has 0 aliphatic carbocycles. The van der Waals surface area contributed by atoms with Gasteiger partial charge in [0.05, 0.1) is 5.69 Å². The molecule has 2 heterocycles. The van der Waals surface area contributed by atoms with Gasteiger partial charge >= 0.3 is 0 Å². The van der Waals surface area contributed by atoms with Gasteiger partial charge in [-0.3, -0.25) is 0 Å². The maximum Gasteiger partial charge on any atom is 0.298 e. The second-order valence-corrected chi connectivity index (χ2v) is 5.37. The molecule has 1 saturated heterocycles. The van der Waals surface area contributed by atoms with Gasteiger partial charge in [-0.2, -0.15) is 4.98 Å². The average molecular weight is 245 g/mol. The minimum Gasteiger partial charge on any atom is -0.423 e. The molecule has 2 unspecified atom stereocenters. The van der Waals surface area contributed by atoms with Gasteiger partial charge < -0.3 is 15.1 Å². The van der Waals surface area contributed by atoms with Crippen LogP contribution in [-0.4, -0.2) is 17.6 Å². The maximum absolute atomic E-state index is 5.92. The summed E-state index contributed by atoms with van der Waals surface area (Å²) in [5.74, 6) is 0.688. The zero-order chi connectivity index (χ0) is 12.7.